The molecule has 0 N–H and O–H groups in total. The summed E-state index contributed by atoms with van der Waals surface area (Å²) in [6.45, 7) is 4.41. The fourth-order valence-electron chi connectivity index (χ4n) is 2.24. The SMILES string of the molecule is CCCCC(C)=C=C(c1ccccc1)c1ccccc1. The summed E-state index contributed by atoms with van der Waals surface area (Å²) in [7, 11) is 0. The van der Waals surface area contributed by atoms with Crippen molar-refractivity contribution in [3.63, 3.8) is 0 Å². The minimum absolute atomic E-state index is 1.12. The Morgan fingerprint density at radius 2 is 1.35 bits per heavy atom. The van der Waals surface area contributed by atoms with Gasteiger partial charge in [0, 0.05) is 5.57 Å². The molecule has 0 aromatic heterocycles. The number of unbranched alkanes of at least 4 members (excludes halogenated alkanes) is 1. The lowest BCUT2D eigenvalue weighted by Crippen LogP contribution is -1.87. The van der Waals surface area contributed by atoms with Crippen LogP contribution in [0, 0.1) is 0 Å². The zero-order valence-corrected chi connectivity index (χ0v) is 12.4. The largest absolute Gasteiger partial charge is 0.113 e. The van der Waals surface area contributed by atoms with E-state index in [0.717, 1.165) is 6.42 Å². The summed E-state index contributed by atoms with van der Waals surface area (Å²) in [5.74, 6) is 0. The molecule has 0 radical (unpaired) electrons. The van der Waals surface area contributed by atoms with Gasteiger partial charge in [0.15, 0.2) is 0 Å². The summed E-state index contributed by atoms with van der Waals surface area (Å²) in [6.07, 6.45) is 3.58. The van der Waals surface area contributed by atoms with Crippen LogP contribution in [0.15, 0.2) is 72.0 Å². The van der Waals surface area contributed by atoms with Crippen LogP contribution in [0.2, 0.25) is 0 Å². The molecule has 2 aromatic carbocycles. The van der Waals surface area contributed by atoms with Gasteiger partial charge < -0.3 is 0 Å². The van der Waals surface area contributed by atoms with Crippen molar-refractivity contribution in [2.75, 3.05) is 0 Å². The molecule has 0 aliphatic rings. The van der Waals surface area contributed by atoms with Crippen LogP contribution in [0.4, 0.5) is 0 Å². The summed E-state index contributed by atoms with van der Waals surface area (Å²) in [5, 5.41) is 0. The average molecular weight is 262 g/mol. The predicted molar refractivity (Wildman–Crippen MR) is 87.6 cm³/mol. The lowest BCUT2D eigenvalue weighted by Gasteiger charge is -2.06. The van der Waals surface area contributed by atoms with E-state index >= 15 is 0 Å². The molecule has 0 aliphatic carbocycles. The van der Waals surface area contributed by atoms with Crippen molar-refractivity contribution < 1.29 is 0 Å². The van der Waals surface area contributed by atoms with E-state index in [4.69, 9.17) is 0 Å². The molecule has 0 atom stereocenters. The van der Waals surface area contributed by atoms with Crippen molar-refractivity contribution in [2.24, 2.45) is 0 Å². The quantitative estimate of drug-likeness (QED) is 0.592. The molecular formula is C20H22. The summed E-state index contributed by atoms with van der Waals surface area (Å²) in [4.78, 5) is 0. The normalized spacial score (nSPS) is 9.90. The highest BCUT2D eigenvalue weighted by atomic mass is 14.1. The Bertz CT molecular complexity index is 543. The van der Waals surface area contributed by atoms with Gasteiger partial charge in [0.05, 0.1) is 0 Å². The van der Waals surface area contributed by atoms with Crippen molar-refractivity contribution in [1.29, 1.82) is 0 Å². The van der Waals surface area contributed by atoms with Gasteiger partial charge in [0.25, 0.3) is 0 Å². The van der Waals surface area contributed by atoms with Gasteiger partial charge >= 0.3 is 0 Å². The van der Waals surface area contributed by atoms with E-state index in [1.165, 1.54) is 35.1 Å². The molecule has 0 saturated heterocycles. The Hall–Kier alpha value is -2.04. The number of rotatable bonds is 5. The van der Waals surface area contributed by atoms with Crippen molar-refractivity contribution in [1.82, 2.24) is 0 Å². The highest BCUT2D eigenvalue weighted by Crippen LogP contribution is 2.23. The molecule has 0 spiro atoms. The van der Waals surface area contributed by atoms with Crippen LogP contribution in [-0.4, -0.2) is 0 Å². The van der Waals surface area contributed by atoms with Crippen molar-refractivity contribution >= 4 is 5.57 Å². The maximum absolute atomic E-state index is 3.62. The van der Waals surface area contributed by atoms with E-state index in [1.807, 2.05) is 0 Å². The third-order valence-electron chi connectivity index (χ3n) is 3.37. The first kappa shape index (κ1) is 14.4. The van der Waals surface area contributed by atoms with E-state index in [0.29, 0.717) is 0 Å². The van der Waals surface area contributed by atoms with E-state index in [1.54, 1.807) is 0 Å². The van der Waals surface area contributed by atoms with Crippen LogP contribution in [0.5, 0.6) is 0 Å². The molecule has 0 aliphatic heterocycles. The zero-order valence-electron chi connectivity index (χ0n) is 12.4. The van der Waals surface area contributed by atoms with Gasteiger partial charge in [0.2, 0.25) is 0 Å². The van der Waals surface area contributed by atoms with Gasteiger partial charge in [-0.2, -0.15) is 0 Å². The van der Waals surface area contributed by atoms with Crippen LogP contribution >= 0.6 is 0 Å². The first-order chi connectivity index (χ1) is 9.81. The predicted octanol–water partition coefficient (Wildman–Crippen LogP) is 5.85. The maximum atomic E-state index is 3.62. The smallest absolute Gasteiger partial charge is 0.0308 e. The van der Waals surface area contributed by atoms with Crippen LogP contribution in [0.1, 0.15) is 44.2 Å². The van der Waals surface area contributed by atoms with Crippen molar-refractivity contribution in [2.45, 2.75) is 33.1 Å². The Kier molecular flexibility index (Phi) is 5.41. The fourth-order valence-corrected chi connectivity index (χ4v) is 2.24. The molecule has 0 saturated carbocycles. The average Bonchev–Trinajstić information content (AvgIpc) is 2.52. The molecule has 20 heavy (non-hydrogen) atoms. The van der Waals surface area contributed by atoms with Crippen LogP contribution < -0.4 is 0 Å². The summed E-state index contributed by atoms with van der Waals surface area (Å²) in [5.41, 5.74) is 8.60. The Balaban J connectivity index is 2.48. The minimum atomic E-state index is 1.12. The molecule has 0 nitrogen and oxygen atoms in total. The van der Waals surface area contributed by atoms with E-state index < -0.39 is 0 Å². The molecule has 2 rings (SSSR count). The van der Waals surface area contributed by atoms with Crippen LogP contribution in [0.25, 0.3) is 5.57 Å². The van der Waals surface area contributed by atoms with Gasteiger partial charge in [-0.1, -0.05) is 74.0 Å². The third-order valence-corrected chi connectivity index (χ3v) is 3.37. The summed E-state index contributed by atoms with van der Waals surface area (Å²) >= 11 is 0. The number of benzene rings is 2. The number of allylic oxidation sites excluding steroid dienone is 1. The first-order valence-electron chi connectivity index (χ1n) is 7.38. The maximum Gasteiger partial charge on any atom is 0.0308 e. The topological polar surface area (TPSA) is 0 Å². The fraction of sp³-hybridized carbons (Fsp3) is 0.250. The molecule has 0 unspecified atom stereocenters. The first-order valence-corrected chi connectivity index (χ1v) is 7.38. The van der Waals surface area contributed by atoms with Gasteiger partial charge in [-0.3, -0.25) is 0 Å². The van der Waals surface area contributed by atoms with Gasteiger partial charge in [0.1, 0.15) is 0 Å². The van der Waals surface area contributed by atoms with E-state index in [-0.39, 0.29) is 0 Å². The highest BCUT2D eigenvalue weighted by Gasteiger charge is 2.03. The molecule has 0 bridgehead atoms. The highest BCUT2D eigenvalue weighted by molar-refractivity contribution is 5.79. The standard InChI is InChI=1S/C20H22/c1-3-4-11-17(2)16-20(18-12-7-5-8-13-18)19-14-9-6-10-15-19/h5-10,12-15H,3-4,11H2,1-2H3. The zero-order chi connectivity index (χ0) is 14.2. The molecule has 0 heteroatoms. The van der Waals surface area contributed by atoms with E-state index in [2.05, 4.69) is 80.2 Å². The minimum Gasteiger partial charge on any atom is -0.113 e. The lowest BCUT2D eigenvalue weighted by atomic mass is 9.97. The second-order valence-electron chi connectivity index (χ2n) is 5.12. The van der Waals surface area contributed by atoms with Crippen molar-refractivity contribution in [3.8, 4) is 0 Å². The molecule has 0 heterocycles. The Morgan fingerprint density at radius 3 is 1.80 bits per heavy atom. The third kappa shape index (κ3) is 3.98. The molecule has 102 valence electrons. The van der Waals surface area contributed by atoms with Crippen LogP contribution in [-0.2, 0) is 0 Å². The molecule has 2 aromatic rings. The molecular weight excluding hydrogens is 240 g/mol. The van der Waals surface area contributed by atoms with E-state index in [9.17, 15) is 0 Å². The summed E-state index contributed by atoms with van der Waals surface area (Å²) < 4.78 is 0. The van der Waals surface area contributed by atoms with Crippen molar-refractivity contribution in [3.05, 3.63) is 83.1 Å². The molecule has 0 amide bonds. The Morgan fingerprint density at radius 1 is 0.850 bits per heavy atom. The lowest BCUT2D eigenvalue weighted by molar-refractivity contribution is 0.788. The van der Waals surface area contributed by atoms with Crippen LogP contribution in [0.3, 0.4) is 0 Å². The monoisotopic (exact) mass is 262 g/mol. The molecule has 0 fully saturated rings. The summed E-state index contributed by atoms with van der Waals surface area (Å²) in [6, 6.07) is 21.1. The van der Waals surface area contributed by atoms with Gasteiger partial charge in [-0.05, 0) is 36.5 Å². The second kappa shape index (κ2) is 7.53. The second-order valence-corrected chi connectivity index (χ2v) is 5.12. The number of hydrogen-bond donors (Lipinski definition) is 0. The van der Waals surface area contributed by atoms with Gasteiger partial charge in [-0.15, -0.1) is 5.73 Å². The van der Waals surface area contributed by atoms with Gasteiger partial charge in [-0.25, -0.2) is 0 Å². The Labute approximate surface area is 122 Å². The number of hydrogen-bond acceptors (Lipinski definition) is 0.